The van der Waals surface area contributed by atoms with E-state index in [4.69, 9.17) is 20.6 Å². The molecule has 9 heteroatoms. The molecule has 0 bridgehead atoms. The van der Waals surface area contributed by atoms with Crippen molar-refractivity contribution in [1.82, 2.24) is 14.7 Å². The predicted octanol–water partition coefficient (Wildman–Crippen LogP) is 3.71. The van der Waals surface area contributed by atoms with Gasteiger partial charge in [0.25, 0.3) is 0 Å². The van der Waals surface area contributed by atoms with Crippen molar-refractivity contribution in [2.24, 2.45) is 0 Å². The number of aromatic nitrogens is 2. The van der Waals surface area contributed by atoms with E-state index in [0.29, 0.717) is 42.7 Å². The van der Waals surface area contributed by atoms with Gasteiger partial charge in [-0.3, -0.25) is 4.90 Å². The van der Waals surface area contributed by atoms with Gasteiger partial charge in [0.1, 0.15) is 24.0 Å². The lowest BCUT2D eigenvalue weighted by atomic mass is 10.2. The number of methoxy groups -OCH3 is 1. The Morgan fingerprint density at radius 1 is 1.17 bits per heavy atom. The highest BCUT2D eigenvalue weighted by atomic mass is 19.1. The number of hydrogen-bond donors (Lipinski definition) is 1. The van der Waals surface area contributed by atoms with E-state index in [2.05, 4.69) is 11.0 Å². The molecular formula is C26H29F2N3O4. The molecule has 35 heavy (non-hydrogen) atoms. The number of aliphatic hydroxyl groups is 1. The Labute approximate surface area is 203 Å². The van der Waals surface area contributed by atoms with Crippen LogP contribution in [-0.4, -0.2) is 65.9 Å². The lowest BCUT2D eigenvalue weighted by Crippen LogP contribution is -2.36. The van der Waals surface area contributed by atoms with E-state index in [-0.39, 0.29) is 25.6 Å². The van der Waals surface area contributed by atoms with Crippen molar-refractivity contribution in [3.63, 3.8) is 0 Å². The third-order valence-electron chi connectivity index (χ3n) is 5.18. The fraction of sp³-hybridized carbons (Fsp3) is 0.346. The van der Waals surface area contributed by atoms with Gasteiger partial charge >= 0.3 is 0 Å². The molecule has 0 radical (unpaired) electrons. The molecule has 0 fully saturated rings. The van der Waals surface area contributed by atoms with Crippen LogP contribution in [-0.2, 0) is 16.0 Å². The van der Waals surface area contributed by atoms with Gasteiger partial charge in [0.15, 0.2) is 0 Å². The minimum absolute atomic E-state index is 0.0914. The second-order valence-electron chi connectivity index (χ2n) is 7.92. The van der Waals surface area contributed by atoms with Crippen molar-refractivity contribution < 1.29 is 28.1 Å². The second kappa shape index (κ2) is 13.0. The van der Waals surface area contributed by atoms with Gasteiger partial charge in [-0.05, 0) is 43.3 Å². The smallest absolute Gasteiger partial charge is 0.227 e. The minimum Gasteiger partial charge on any atom is -0.438 e. The summed E-state index contributed by atoms with van der Waals surface area (Å²) in [5.74, 6) is 2.21. The summed E-state index contributed by atoms with van der Waals surface area (Å²) in [4.78, 5) is 1.98. The summed E-state index contributed by atoms with van der Waals surface area (Å²) in [6.07, 6.45) is 4.42. The average molecular weight is 486 g/mol. The molecule has 1 heterocycles. The normalized spacial score (nSPS) is 12.0. The van der Waals surface area contributed by atoms with E-state index in [1.165, 1.54) is 24.3 Å². The first-order valence-electron chi connectivity index (χ1n) is 11.1. The summed E-state index contributed by atoms with van der Waals surface area (Å²) >= 11 is 0. The van der Waals surface area contributed by atoms with Gasteiger partial charge in [0.2, 0.25) is 5.88 Å². The van der Waals surface area contributed by atoms with Gasteiger partial charge in [-0.25, -0.2) is 13.5 Å². The molecule has 0 amide bonds. The predicted molar refractivity (Wildman–Crippen MR) is 128 cm³/mol. The van der Waals surface area contributed by atoms with Crippen molar-refractivity contribution in [3.05, 3.63) is 71.4 Å². The van der Waals surface area contributed by atoms with Gasteiger partial charge in [-0.1, -0.05) is 12.0 Å². The number of rotatable bonds is 13. The van der Waals surface area contributed by atoms with Gasteiger partial charge in [0.05, 0.1) is 36.3 Å². The van der Waals surface area contributed by atoms with E-state index < -0.39 is 11.9 Å². The first-order valence-corrected chi connectivity index (χ1v) is 11.1. The standard InChI is InChI=1S/C26H29F2N3O4/c1-4-13-34-18-23(32)16-30(12-14-33-3)17-25-19(2)29-31(22-10-8-20(27)9-11-22)26(25)35-24-7-5-6-21(28)15-24/h1,5-11,15,23,32H,12-14,16-18H2,2-3H3. The van der Waals surface area contributed by atoms with E-state index in [9.17, 15) is 13.9 Å². The number of ether oxygens (including phenoxy) is 3. The van der Waals surface area contributed by atoms with Crippen LogP contribution in [0, 0.1) is 30.9 Å². The number of aryl methyl sites for hydroxylation is 1. The number of hydrogen-bond acceptors (Lipinski definition) is 6. The summed E-state index contributed by atoms with van der Waals surface area (Å²) < 4.78 is 45.5. The maximum atomic E-state index is 13.8. The molecular weight excluding hydrogens is 456 g/mol. The van der Waals surface area contributed by atoms with Crippen LogP contribution in [0.4, 0.5) is 8.78 Å². The van der Waals surface area contributed by atoms with Crippen molar-refractivity contribution in [1.29, 1.82) is 0 Å². The fourth-order valence-corrected chi connectivity index (χ4v) is 3.51. The lowest BCUT2D eigenvalue weighted by molar-refractivity contribution is 0.0206. The van der Waals surface area contributed by atoms with E-state index >= 15 is 0 Å². The van der Waals surface area contributed by atoms with E-state index in [1.54, 1.807) is 36.1 Å². The molecule has 3 rings (SSSR count). The Balaban J connectivity index is 1.94. The molecule has 3 aromatic rings. The van der Waals surface area contributed by atoms with Gasteiger partial charge < -0.3 is 19.3 Å². The first-order chi connectivity index (χ1) is 16.9. The van der Waals surface area contributed by atoms with Crippen molar-refractivity contribution in [3.8, 4) is 29.7 Å². The van der Waals surface area contributed by atoms with Crippen LogP contribution < -0.4 is 4.74 Å². The monoisotopic (exact) mass is 485 g/mol. The van der Waals surface area contributed by atoms with Crippen molar-refractivity contribution >= 4 is 0 Å². The molecule has 0 spiro atoms. The van der Waals surface area contributed by atoms with Crippen LogP contribution in [0.2, 0.25) is 0 Å². The van der Waals surface area contributed by atoms with Crippen LogP contribution in [0.5, 0.6) is 11.6 Å². The molecule has 0 aliphatic rings. The van der Waals surface area contributed by atoms with Crippen molar-refractivity contribution in [2.45, 2.75) is 19.6 Å². The Hall–Kier alpha value is -3.29. The zero-order chi connectivity index (χ0) is 25.2. The van der Waals surface area contributed by atoms with Crippen LogP contribution >= 0.6 is 0 Å². The third-order valence-corrected chi connectivity index (χ3v) is 5.18. The molecule has 2 aromatic carbocycles. The number of terminal acetylenes is 1. The second-order valence-corrected chi connectivity index (χ2v) is 7.92. The van der Waals surface area contributed by atoms with Crippen LogP contribution in [0.25, 0.3) is 5.69 Å². The average Bonchev–Trinajstić information content (AvgIpc) is 3.13. The van der Waals surface area contributed by atoms with E-state index in [0.717, 1.165) is 5.56 Å². The maximum absolute atomic E-state index is 13.8. The number of halogens is 2. The number of benzene rings is 2. The molecule has 186 valence electrons. The molecule has 1 atom stereocenters. The molecule has 0 saturated carbocycles. The molecule has 0 saturated heterocycles. The Bertz CT molecular complexity index is 1130. The zero-order valence-corrected chi connectivity index (χ0v) is 19.8. The van der Waals surface area contributed by atoms with Gasteiger partial charge in [0, 0.05) is 32.8 Å². The zero-order valence-electron chi connectivity index (χ0n) is 19.8. The minimum atomic E-state index is -0.778. The Kier molecular flexibility index (Phi) is 9.76. The highest BCUT2D eigenvalue weighted by Crippen LogP contribution is 2.32. The van der Waals surface area contributed by atoms with Gasteiger partial charge in [-0.2, -0.15) is 5.10 Å². The molecule has 1 N–H and O–H groups in total. The number of aliphatic hydroxyl groups excluding tert-OH is 1. The summed E-state index contributed by atoms with van der Waals surface area (Å²) in [5.41, 5.74) is 1.98. The molecule has 0 aliphatic carbocycles. The quantitative estimate of drug-likeness (QED) is 0.294. The maximum Gasteiger partial charge on any atom is 0.227 e. The van der Waals surface area contributed by atoms with Crippen LogP contribution in [0.3, 0.4) is 0 Å². The first kappa shape index (κ1) is 26.3. The fourth-order valence-electron chi connectivity index (χ4n) is 3.51. The third kappa shape index (κ3) is 7.60. The molecule has 0 aliphatic heterocycles. The summed E-state index contributed by atoms with van der Waals surface area (Å²) in [7, 11) is 1.60. The molecule has 1 aromatic heterocycles. The Morgan fingerprint density at radius 3 is 2.63 bits per heavy atom. The van der Waals surface area contributed by atoms with Crippen molar-refractivity contribution in [2.75, 3.05) is 40.0 Å². The molecule has 7 nitrogen and oxygen atoms in total. The van der Waals surface area contributed by atoms with E-state index in [1.807, 2.05) is 11.8 Å². The SMILES string of the molecule is C#CCOCC(O)CN(CCOC)Cc1c(C)nn(-c2ccc(F)cc2)c1Oc1cccc(F)c1. The topological polar surface area (TPSA) is 69.0 Å². The number of nitrogens with zero attached hydrogens (tertiary/aromatic N) is 3. The highest BCUT2D eigenvalue weighted by Gasteiger charge is 2.23. The molecule has 1 unspecified atom stereocenters. The highest BCUT2D eigenvalue weighted by molar-refractivity contribution is 5.43. The van der Waals surface area contributed by atoms with Crippen LogP contribution in [0.1, 0.15) is 11.3 Å². The Morgan fingerprint density at radius 2 is 1.94 bits per heavy atom. The summed E-state index contributed by atoms with van der Waals surface area (Å²) in [6.45, 7) is 3.63. The van der Waals surface area contributed by atoms with Crippen LogP contribution in [0.15, 0.2) is 48.5 Å². The summed E-state index contributed by atoms with van der Waals surface area (Å²) in [6, 6.07) is 11.6. The summed E-state index contributed by atoms with van der Waals surface area (Å²) in [5, 5.41) is 15.0. The lowest BCUT2D eigenvalue weighted by Gasteiger charge is -2.25. The van der Waals surface area contributed by atoms with Gasteiger partial charge in [-0.15, -0.1) is 6.42 Å². The largest absolute Gasteiger partial charge is 0.438 e.